The zero-order valence-corrected chi connectivity index (χ0v) is 18.8. The summed E-state index contributed by atoms with van der Waals surface area (Å²) in [6.07, 6.45) is 1.16. The van der Waals surface area contributed by atoms with Crippen LogP contribution in [0.25, 0.3) is 11.1 Å². The number of alkyl halides is 3. The molecule has 188 valence electrons. The van der Waals surface area contributed by atoms with Crippen LogP contribution in [-0.4, -0.2) is 70.9 Å². The van der Waals surface area contributed by atoms with E-state index in [0.717, 1.165) is 29.3 Å². The highest BCUT2D eigenvalue weighted by Gasteiger charge is 2.32. The third-order valence-corrected chi connectivity index (χ3v) is 5.11. The number of rotatable bonds is 7. The van der Waals surface area contributed by atoms with Gasteiger partial charge in [-0.25, -0.2) is 15.0 Å². The van der Waals surface area contributed by atoms with Crippen molar-refractivity contribution in [3.05, 3.63) is 60.8 Å². The molecule has 0 bridgehead atoms. The lowest BCUT2D eigenvalue weighted by molar-refractivity contribution is -0.274. The molecule has 10 nitrogen and oxygen atoms in total. The minimum atomic E-state index is -4.98. The van der Waals surface area contributed by atoms with E-state index in [9.17, 15) is 22.8 Å². The number of carbonyl (C=O) groups is 2. The summed E-state index contributed by atoms with van der Waals surface area (Å²) in [7, 11) is 0. The van der Waals surface area contributed by atoms with Crippen LogP contribution >= 0.6 is 0 Å². The van der Waals surface area contributed by atoms with Crippen LogP contribution in [0.2, 0.25) is 0 Å². The van der Waals surface area contributed by atoms with Gasteiger partial charge in [-0.05, 0) is 30.3 Å². The molecule has 36 heavy (non-hydrogen) atoms. The molecule has 0 unspecified atom stereocenters. The summed E-state index contributed by atoms with van der Waals surface area (Å²) in [5.41, 5.74) is 1.17. The van der Waals surface area contributed by atoms with Crippen molar-refractivity contribution >= 4 is 23.3 Å². The number of nitrogens with one attached hydrogen (secondary N) is 2. The summed E-state index contributed by atoms with van der Waals surface area (Å²) in [6.45, 7) is 1.91. The van der Waals surface area contributed by atoms with Crippen LogP contribution in [0, 0.1) is 0 Å². The molecule has 1 saturated heterocycles. The Balaban J connectivity index is 1.48. The fourth-order valence-electron chi connectivity index (χ4n) is 3.41. The first-order valence-electron chi connectivity index (χ1n) is 10.8. The minimum absolute atomic E-state index is 0.00599. The van der Waals surface area contributed by atoms with E-state index < -0.39 is 23.9 Å². The van der Waals surface area contributed by atoms with Crippen LogP contribution in [0.1, 0.15) is 10.4 Å². The predicted molar refractivity (Wildman–Crippen MR) is 122 cm³/mol. The number of hydrogen-bond donors (Lipinski definition) is 2. The van der Waals surface area contributed by atoms with Gasteiger partial charge in [-0.3, -0.25) is 14.5 Å². The number of pyridine rings is 1. The first-order valence-corrected chi connectivity index (χ1v) is 10.8. The summed E-state index contributed by atoms with van der Waals surface area (Å²) >= 11 is 0. The van der Waals surface area contributed by atoms with E-state index in [1.165, 1.54) is 12.5 Å². The number of nitrogens with zero attached hydrogens (tertiary/aromatic N) is 4. The van der Waals surface area contributed by atoms with Gasteiger partial charge >= 0.3 is 6.36 Å². The van der Waals surface area contributed by atoms with Gasteiger partial charge in [0.2, 0.25) is 5.91 Å². The molecule has 13 heteroatoms. The van der Waals surface area contributed by atoms with E-state index in [2.05, 4.69) is 30.3 Å². The number of hydrogen-bond acceptors (Lipinski definition) is 8. The smallest absolute Gasteiger partial charge is 0.404 e. The third-order valence-electron chi connectivity index (χ3n) is 5.11. The average molecular weight is 502 g/mol. The molecule has 2 N–H and O–H groups in total. The monoisotopic (exact) mass is 502 g/mol. The van der Waals surface area contributed by atoms with Gasteiger partial charge in [0.15, 0.2) is 5.75 Å². The van der Waals surface area contributed by atoms with E-state index in [1.54, 1.807) is 29.4 Å². The number of amides is 2. The van der Waals surface area contributed by atoms with E-state index >= 15 is 0 Å². The number of benzene rings is 1. The van der Waals surface area contributed by atoms with E-state index in [1.807, 2.05) is 0 Å². The van der Waals surface area contributed by atoms with Gasteiger partial charge in [0.05, 0.1) is 25.4 Å². The summed E-state index contributed by atoms with van der Waals surface area (Å²) in [6, 6.07) is 6.51. The van der Waals surface area contributed by atoms with Crippen molar-refractivity contribution < 1.29 is 32.2 Å². The van der Waals surface area contributed by atoms with Gasteiger partial charge in [-0.1, -0.05) is 0 Å². The van der Waals surface area contributed by atoms with Gasteiger partial charge < -0.3 is 20.1 Å². The topological polar surface area (TPSA) is 119 Å². The molecule has 4 rings (SSSR count). The predicted octanol–water partition coefficient (Wildman–Crippen LogP) is 2.96. The largest absolute Gasteiger partial charge is 0.573 e. The maximum atomic E-state index is 12.9. The molecule has 1 aliphatic heterocycles. The Bertz CT molecular complexity index is 1200. The highest BCUT2D eigenvalue weighted by molar-refractivity contribution is 6.05. The highest BCUT2D eigenvalue weighted by Crippen LogP contribution is 2.31. The zero-order chi connectivity index (χ0) is 25.5. The van der Waals surface area contributed by atoms with E-state index in [0.29, 0.717) is 26.3 Å². The number of aromatic nitrogens is 3. The number of ether oxygens (including phenoxy) is 2. The Hall–Kier alpha value is -4.10. The molecule has 2 aromatic heterocycles. The number of halogens is 3. The molecule has 3 aromatic rings. The second kappa shape index (κ2) is 11.1. The van der Waals surface area contributed by atoms with Crippen molar-refractivity contribution in [2.75, 3.05) is 43.5 Å². The molecule has 0 spiro atoms. The molecular formula is C23H21F3N6O4. The van der Waals surface area contributed by atoms with Gasteiger partial charge in [0.25, 0.3) is 5.91 Å². The fraction of sp³-hybridized carbons (Fsp3) is 0.261. The lowest BCUT2D eigenvalue weighted by Gasteiger charge is -2.26. The fourth-order valence-corrected chi connectivity index (χ4v) is 3.41. The van der Waals surface area contributed by atoms with E-state index in [4.69, 9.17) is 4.74 Å². The molecule has 3 heterocycles. The molecular weight excluding hydrogens is 481 g/mol. The second-order valence-electron chi connectivity index (χ2n) is 7.71. The zero-order valence-electron chi connectivity index (χ0n) is 18.8. The van der Waals surface area contributed by atoms with Crippen LogP contribution in [0.3, 0.4) is 0 Å². The highest BCUT2D eigenvalue weighted by atomic mass is 19.4. The van der Waals surface area contributed by atoms with Crippen molar-refractivity contribution in [1.82, 2.24) is 19.9 Å². The lowest BCUT2D eigenvalue weighted by atomic mass is 10.1. The molecule has 0 atom stereocenters. The summed E-state index contributed by atoms with van der Waals surface area (Å²) < 4.78 is 47.9. The van der Waals surface area contributed by atoms with Crippen molar-refractivity contribution in [3.8, 4) is 16.9 Å². The Kier molecular flexibility index (Phi) is 7.71. The van der Waals surface area contributed by atoms with Crippen LogP contribution in [0.5, 0.6) is 5.75 Å². The van der Waals surface area contributed by atoms with Crippen LogP contribution in [0.15, 0.2) is 55.2 Å². The number of carbonyl (C=O) groups excluding carboxylic acids is 2. The Morgan fingerprint density at radius 2 is 1.75 bits per heavy atom. The Morgan fingerprint density at radius 1 is 1.00 bits per heavy atom. The quantitative estimate of drug-likeness (QED) is 0.506. The summed E-state index contributed by atoms with van der Waals surface area (Å²) in [4.78, 5) is 39.1. The first kappa shape index (κ1) is 25.0. The minimum Gasteiger partial charge on any atom is -0.404 e. The molecule has 1 aromatic carbocycles. The van der Waals surface area contributed by atoms with Gasteiger partial charge in [0.1, 0.15) is 12.1 Å². The Morgan fingerprint density at radius 3 is 2.42 bits per heavy atom. The molecule has 0 saturated carbocycles. The number of anilines is 2. The molecule has 1 aliphatic rings. The van der Waals surface area contributed by atoms with Crippen molar-refractivity contribution in [2.45, 2.75) is 6.36 Å². The second-order valence-corrected chi connectivity index (χ2v) is 7.71. The summed E-state index contributed by atoms with van der Waals surface area (Å²) in [5.74, 6) is -1.61. The maximum absolute atomic E-state index is 12.9. The number of morpholine rings is 1. The first-order chi connectivity index (χ1) is 17.3. The SMILES string of the molecule is O=C(CN1CCOCC1)Nc1cc(C(=O)Nc2ccc(-c3cncnc3)cn2)ccc1OC(F)(F)F. The van der Waals surface area contributed by atoms with E-state index in [-0.39, 0.29) is 23.6 Å². The summed E-state index contributed by atoms with van der Waals surface area (Å²) in [5, 5.41) is 4.98. The normalized spacial score (nSPS) is 14.2. The Labute approximate surface area is 203 Å². The van der Waals surface area contributed by atoms with Crippen LogP contribution in [-0.2, 0) is 9.53 Å². The maximum Gasteiger partial charge on any atom is 0.573 e. The van der Waals surface area contributed by atoms with Crippen LogP contribution < -0.4 is 15.4 Å². The molecule has 0 aliphatic carbocycles. The standard InChI is InChI=1S/C23H21F3N6O4/c24-23(25,26)36-19-3-1-15(9-18(19)30-21(33)13-32-5-7-35-8-6-32)22(34)31-20-4-2-16(12-29-20)17-10-27-14-28-11-17/h1-4,9-12,14H,5-8,13H2,(H,30,33)(H,29,31,34). The van der Waals surface area contributed by atoms with Gasteiger partial charge in [0, 0.05) is 48.4 Å². The molecule has 0 radical (unpaired) electrons. The lowest BCUT2D eigenvalue weighted by Crippen LogP contribution is -2.41. The van der Waals surface area contributed by atoms with Gasteiger partial charge in [-0.2, -0.15) is 0 Å². The van der Waals surface area contributed by atoms with Gasteiger partial charge in [-0.15, -0.1) is 13.2 Å². The van der Waals surface area contributed by atoms with Crippen molar-refractivity contribution in [2.24, 2.45) is 0 Å². The third kappa shape index (κ3) is 6.96. The van der Waals surface area contributed by atoms with Crippen LogP contribution in [0.4, 0.5) is 24.7 Å². The van der Waals surface area contributed by atoms with Crippen molar-refractivity contribution in [1.29, 1.82) is 0 Å². The average Bonchev–Trinajstić information content (AvgIpc) is 2.86. The molecule has 2 amide bonds. The van der Waals surface area contributed by atoms with Crippen molar-refractivity contribution in [3.63, 3.8) is 0 Å². The molecule has 1 fully saturated rings.